The number of hydrogen-bond acceptors (Lipinski definition) is 2. The third-order valence-electron chi connectivity index (χ3n) is 3.99. The minimum atomic E-state index is -0.198. The lowest BCUT2D eigenvalue weighted by molar-refractivity contribution is -0.131. The highest BCUT2D eigenvalue weighted by atomic mass is 35.5. The highest BCUT2D eigenvalue weighted by Crippen LogP contribution is 2.33. The molecule has 1 aliphatic heterocycles. The molecule has 0 spiro atoms. The Bertz CT molecular complexity index is 735. The van der Waals surface area contributed by atoms with E-state index in [0.717, 1.165) is 17.9 Å². The van der Waals surface area contributed by atoms with E-state index in [-0.39, 0.29) is 11.2 Å². The third-order valence-corrected chi connectivity index (χ3v) is 5.81. The number of hydrogen-bond donors (Lipinski definition) is 0. The fraction of sp³-hybridized carbons (Fsp3) is 0.278. The van der Waals surface area contributed by atoms with E-state index in [2.05, 4.69) is 18.2 Å². The van der Waals surface area contributed by atoms with Gasteiger partial charge in [-0.1, -0.05) is 47.5 Å². The molecule has 2 nitrogen and oxygen atoms in total. The van der Waals surface area contributed by atoms with Gasteiger partial charge in [0, 0.05) is 23.0 Å². The van der Waals surface area contributed by atoms with Crippen LogP contribution in [0.2, 0.25) is 10.0 Å². The van der Waals surface area contributed by atoms with Crippen molar-refractivity contribution >= 4 is 40.9 Å². The standard InChI is InChI=1S/C18H17Cl2NOS/c1-12(23-17-10-15(19)6-7-16(17)20)18(22)21-9-8-13-4-2-3-5-14(13)11-21/h2-7,10,12H,8-9,11H2,1H3. The van der Waals surface area contributed by atoms with Crippen LogP contribution in [-0.4, -0.2) is 22.6 Å². The Morgan fingerprint density at radius 2 is 1.91 bits per heavy atom. The Balaban J connectivity index is 1.70. The minimum absolute atomic E-state index is 0.139. The molecule has 1 atom stereocenters. The monoisotopic (exact) mass is 365 g/mol. The van der Waals surface area contributed by atoms with Crippen LogP contribution in [0.25, 0.3) is 0 Å². The summed E-state index contributed by atoms with van der Waals surface area (Å²) in [5.41, 5.74) is 2.58. The van der Waals surface area contributed by atoms with Crippen LogP contribution in [-0.2, 0) is 17.8 Å². The molecule has 120 valence electrons. The summed E-state index contributed by atoms with van der Waals surface area (Å²) in [5, 5.41) is 1.06. The molecule has 2 aromatic carbocycles. The van der Waals surface area contributed by atoms with Gasteiger partial charge in [-0.25, -0.2) is 0 Å². The molecule has 3 rings (SSSR count). The van der Waals surface area contributed by atoms with Gasteiger partial charge in [0.25, 0.3) is 0 Å². The van der Waals surface area contributed by atoms with Crippen molar-refractivity contribution in [1.82, 2.24) is 4.90 Å². The highest BCUT2D eigenvalue weighted by molar-refractivity contribution is 8.00. The molecule has 0 fully saturated rings. The quantitative estimate of drug-likeness (QED) is 0.708. The summed E-state index contributed by atoms with van der Waals surface area (Å²) < 4.78 is 0. The molecule has 0 aromatic heterocycles. The van der Waals surface area contributed by atoms with Crippen LogP contribution in [0.5, 0.6) is 0 Å². The van der Waals surface area contributed by atoms with Crippen LogP contribution in [0.15, 0.2) is 47.4 Å². The van der Waals surface area contributed by atoms with Crippen molar-refractivity contribution in [3.63, 3.8) is 0 Å². The highest BCUT2D eigenvalue weighted by Gasteiger charge is 2.25. The lowest BCUT2D eigenvalue weighted by Gasteiger charge is -2.30. The molecule has 0 radical (unpaired) electrons. The van der Waals surface area contributed by atoms with Crippen molar-refractivity contribution in [3.05, 3.63) is 63.6 Å². The molecule has 0 saturated heterocycles. The molecule has 0 N–H and O–H groups in total. The summed E-state index contributed by atoms with van der Waals surface area (Å²) in [6, 6.07) is 13.6. The number of carbonyl (C=O) groups excluding carboxylic acids is 1. The fourth-order valence-electron chi connectivity index (χ4n) is 2.75. The first-order valence-electron chi connectivity index (χ1n) is 7.52. The van der Waals surface area contributed by atoms with Gasteiger partial charge in [-0.2, -0.15) is 0 Å². The second-order valence-corrected chi connectivity index (χ2v) is 7.84. The number of nitrogens with zero attached hydrogens (tertiary/aromatic N) is 1. The second-order valence-electron chi connectivity index (χ2n) is 5.61. The number of fused-ring (bicyclic) bond motifs is 1. The molecule has 23 heavy (non-hydrogen) atoms. The number of halogens is 2. The normalized spacial score (nSPS) is 15.2. The predicted molar refractivity (Wildman–Crippen MR) is 97.3 cm³/mol. The van der Waals surface area contributed by atoms with E-state index in [1.165, 1.54) is 22.9 Å². The predicted octanol–water partition coefficient (Wildman–Crippen LogP) is 5.06. The molecule has 0 aliphatic carbocycles. The zero-order valence-corrected chi connectivity index (χ0v) is 15.1. The van der Waals surface area contributed by atoms with Crippen molar-refractivity contribution in [2.45, 2.75) is 30.0 Å². The average molecular weight is 366 g/mol. The Kier molecular flexibility index (Phi) is 5.20. The lowest BCUT2D eigenvalue weighted by atomic mass is 10.00. The number of rotatable bonds is 3. The van der Waals surface area contributed by atoms with Gasteiger partial charge in [-0.15, -0.1) is 11.8 Å². The van der Waals surface area contributed by atoms with Crippen LogP contribution in [0.4, 0.5) is 0 Å². The van der Waals surface area contributed by atoms with Crippen LogP contribution in [0.1, 0.15) is 18.1 Å². The first-order valence-corrected chi connectivity index (χ1v) is 9.15. The van der Waals surface area contributed by atoms with Crippen molar-refractivity contribution in [2.75, 3.05) is 6.54 Å². The molecule has 1 heterocycles. The van der Waals surface area contributed by atoms with E-state index in [4.69, 9.17) is 23.2 Å². The van der Waals surface area contributed by atoms with Gasteiger partial charge in [-0.05, 0) is 42.7 Å². The molecular formula is C18H17Cl2NOS. The first-order chi connectivity index (χ1) is 11.0. The summed E-state index contributed by atoms with van der Waals surface area (Å²) in [6.45, 7) is 3.37. The summed E-state index contributed by atoms with van der Waals surface area (Å²) >= 11 is 13.7. The van der Waals surface area contributed by atoms with Gasteiger partial charge in [-0.3, -0.25) is 4.79 Å². The molecule has 0 saturated carbocycles. The molecular weight excluding hydrogens is 349 g/mol. The van der Waals surface area contributed by atoms with Gasteiger partial charge in [0.2, 0.25) is 5.91 Å². The Labute approximate surface area is 150 Å². The maximum atomic E-state index is 12.7. The van der Waals surface area contributed by atoms with Gasteiger partial charge in [0.1, 0.15) is 0 Å². The van der Waals surface area contributed by atoms with E-state index in [0.29, 0.717) is 16.6 Å². The number of thioether (sulfide) groups is 1. The van der Waals surface area contributed by atoms with Crippen molar-refractivity contribution in [2.24, 2.45) is 0 Å². The van der Waals surface area contributed by atoms with Crippen molar-refractivity contribution < 1.29 is 4.79 Å². The van der Waals surface area contributed by atoms with E-state index >= 15 is 0 Å². The molecule has 1 aliphatic rings. The summed E-state index contributed by atoms with van der Waals surface area (Å²) in [5.74, 6) is 0.139. The van der Waals surface area contributed by atoms with E-state index in [1.807, 2.05) is 24.0 Å². The average Bonchev–Trinajstić information content (AvgIpc) is 2.57. The topological polar surface area (TPSA) is 20.3 Å². The van der Waals surface area contributed by atoms with Gasteiger partial charge >= 0.3 is 0 Å². The molecule has 0 bridgehead atoms. The van der Waals surface area contributed by atoms with Crippen LogP contribution >= 0.6 is 35.0 Å². The van der Waals surface area contributed by atoms with Crippen molar-refractivity contribution in [1.29, 1.82) is 0 Å². The summed E-state index contributed by atoms with van der Waals surface area (Å²) in [7, 11) is 0. The summed E-state index contributed by atoms with van der Waals surface area (Å²) in [4.78, 5) is 15.5. The molecule has 1 amide bonds. The van der Waals surface area contributed by atoms with Crippen molar-refractivity contribution in [3.8, 4) is 0 Å². The first kappa shape index (κ1) is 16.7. The Hall–Kier alpha value is -1.16. The van der Waals surface area contributed by atoms with Crippen LogP contribution in [0.3, 0.4) is 0 Å². The maximum absolute atomic E-state index is 12.7. The number of carbonyl (C=O) groups is 1. The maximum Gasteiger partial charge on any atom is 0.236 e. The second kappa shape index (κ2) is 7.16. The van der Waals surface area contributed by atoms with Crippen LogP contribution < -0.4 is 0 Å². The Morgan fingerprint density at radius 3 is 2.70 bits per heavy atom. The summed E-state index contributed by atoms with van der Waals surface area (Å²) in [6.07, 6.45) is 0.914. The SMILES string of the molecule is CC(Sc1cc(Cl)ccc1Cl)C(=O)N1CCc2ccccc2C1. The van der Waals surface area contributed by atoms with Crippen LogP contribution in [0, 0.1) is 0 Å². The van der Waals surface area contributed by atoms with Gasteiger partial charge < -0.3 is 4.90 Å². The molecule has 5 heteroatoms. The van der Waals surface area contributed by atoms with E-state index in [1.54, 1.807) is 12.1 Å². The molecule has 1 unspecified atom stereocenters. The number of amides is 1. The van der Waals surface area contributed by atoms with Gasteiger partial charge in [0.05, 0.1) is 10.3 Å². The molecule has 2 aromatic rings. The number of benzene rings is 2. The minimum Gasteiger partial charge on any atom is -0.337 e. The fourth-order valence-corrected chi connectivity index (χ4v) is 4.24. The Morgan fingerprint density at radius 1 is 1.17 bits per heavy atom. The van der Waals surface area contributed by atoms with Gasteiger partial charge in [0.15, 0.2) is 0 Å². The zero-order valence-electron chi connectivity index (χ0n) is 12.8. The smallest absolute Gasteiger partial charge is 0.236 e. The van der Waals surface area contributed by atoms with E-state index < -0.39 is 0 Å². The lowest BCUT2D eigenvalue weighted by Crippen LogP contribution is -2.40. The zero-order chi connectivity index (χ0) is 16.4. The third kappa shape index (κ3) is 3.85. The van der Waals surface area contributed by atoms with E-state index in [9.17, 15) is 4.79 Å². The largest absolute Gasteiger partial charge is 0.337 e.